The van der Waals surface area contributed by atoms with Gasteiger partial charge in [0.05, 0.1) is 0 Å². The molecule has 0 radical (unpaired) electrons. The SMILES string of the molecule is Cn1cc(S(N)(=O)=O)cc1C(=O)NC(c1ccc(F)cc1)c1nccn1C. The Morgan fingerprint density at radius 1 is 1.22 bits per heavy atom. The van der Waals surface area contributed by atoms with E-state index >= 15 is 0 Å². The van der Waals surface area contributed by atoms with E-state index in [1.165, 1.54) is 36.0 Å². The Balaban J connectivity index is 1.98. The third-order valence-corrected chi connectivity index (χ3v) is 5.02. The zero-order valence-corrected chi connectivity index (χ0v) is 15.4. The average molecular weight is 391 g/mol. The summed E-state index contributed by atoms with van der Waals surface area (Å²) in [6.45, 7) is 0. The van der Waals surface area contributed by atoms with Gasteiger partial charge in [0.1, 0.15) is 28.3 Å². The lowest BCUT2D eigenvalue weighted by atomic mass is 10.1. The molecule has 1 unspecified atom stereocenters. The van der Waals surface area contributed by atoms with E-state index in [1.54, 1.807) is 36.1 Å². The molecule has 8 nitrogen and oxygen atoms in total. The maximum Gasteiger partial charge on any atom is 0.268 e. The van der Waals surface area contributed by atoms with Gasteiger partial charge >= 0.3 is 0 Å². The number of aromatic nitrogens is 3. The number of aryl methyl sites for hydroxylation is 2. The first kappa shape index (κ1) is 18.8. The highest BCUT2D eigenvalue weighted by atomic mass is 32.2. The molecular formula is C17H18FN5O3S. The summed E-state index contributed by atoms with van der Waals surface area (Å²) < 4.78 is 39.4. The van der Waals surface area contributed by atoms with Gasteiger partial charge in [-0.15, -0.1) is 0 Å². The Morgan fingerprint density at radius 2 is 1.89 bits per heavy atom. The molecular weight excluding hydrogens is 373 g/mol. The van der Waals surface area contributed by atoms with Gasteiger partial charge in [0, 0.05) is 32.7 Å². The van der Waals surface area contributed by atoms with E-state index in [4.69, 9.17) is 5.14 Å². The number of benzene rings is 1. The lowest BCUT2D eigenvalue weighted by molar-refractivity contribution is 0.0933. The van der Waals surface area contributed by atoms with Crippen LogP contribution < -0.4 is 10.5 Å². The summed E-state index contributed by atoms with van der Waals surface area (Å²) in [5.41, 5.74) is 0.736. The van der Waals surface area contributed by atoms with Crippen molar-refractivity contribution in [3.63, 3.8) is 0 Å². The second-order valence-electron chi connectivity index (χ2n) is 6.07. The summed E-state index contributed by atoms with van der Waals surface area (Å²) >= 11 is 0. The molecule has 0 aliphatic rings. The molecule has 0 spiro atoms. The van der Waals surface area contributed by atoms with Crippen LogP contribution in [0.5, 0.6) is 0 Å². The lowest BCUT2D eigenvalue weighted by Crippen LogP contribution is -2.32. The first-order valence-corrected chi connectivity index (χ1v) is 9.44. The number of sulfonamides is 1. The number of carbonyl (C=O) groups is 1. The van der Waals surface area contributed by atoms with E-state index in [0.717, 1.165) is 0 Å². The van der Waals surface area contributed by atoms with Gasteiger partial charge in [-0.1, -0.05) is 12.1 Å². The molecule has 10 heteroatoms. The van der Waals surface area contributed by atoms with Crippen molar-refractivity contribution in [1.29, 1.82) is 0 Å². The molecule has 0 saturated heterocycles. The summed E-state index contributed by atoms with van der Waals surface area (Å²) in [7, 11) is -0.623. The Bertz CT molecular complexity index is 1090. The minimum absolute atomic E-state index is 0.111. The molecule has 2 aromatic heterocycles. The van der Waals surface area contributed by atoms with Crippen molar-refractivity contribution in [1.82, 2.24) is 19.4 Å². The van der Waals surface area contributed by atoms with Gasteiger partial charge in [-0.3, -0.25) is 4.79 Å². The topological polar surface area (TPSA) is 112 Å². The van der Waals surface area contributed by atoms with Crippen LogP contribution in [0.2, 0.25) is 0 Å². The highest BCUT2D eigenvalue weighted by Crippen LogP contribution is 2.22. The first-order valence-electron chi connectivity index (χ1n) is 7.89. The third-order valence-electron chi connectivity index (χ3n) is 4.14. The van der Waals surface area contributed by atoms with Crippen molar-refractivity contribution in [2.24, 2.45) is 19.2 Å². The van der Waals surface area contributed by atoms with E-state index < -0.39 is 27.8 Å². The Hall–Kier alpha value is -2.98. The van der Waals surface area contributed by atoms with Crippen LogP contribution in [0.1, 0.15) is 27.9 Å². The fourth-order valence-electron chi connectivity index (χ4n) is 2.73. The van der Waals surface area contributed by atoms with Crippen LogP contribution in [0, 0.1) is 5.82 Å². The van der Waals surface area contributed by atoms with Crippen LogP contribution in [0.25, 0.3) is 0 Å². The maximum absolute atomic E-state index is 13.3. The number of hydrogen-bond acceptors (Lipinski definition) is 4. The molecule has 142 valence electrons. The van der Waals surface area contributed by atoms with Crippen LogP contribution >= 0.6 is 0 Å². The standard InChI is InChI=1S/C17H18FN5O3S/c1-22-8-7-20-16(22)15(11-3-5-12(18)6-4-11)21-17(24)14-9-13(10-23(14)2)27(19,25)26/h3-10,15H,1-2H3,(H,21,24)(H2,19,25,26). The first-order chi connectivity index (χ1) is 12.7. The van der Waals surface area contributed by atoms with Gasteiger partial charge in [-0.2, -0.15) is 0 Å². The summed E-state index contributed by atoms with van der Waals surface area (Å²) in [5.74, 6) is -0.385. The smallest absolute Gasteiger partial charge is 0.268 e. The molecule has 1 amide bonds. The van der Waals surface area contributed by atoms with Gasteiger partial charge in [-0.05, 0) is 23.8 Å². The molecule has 0 bridgehead atoms. The number of imidazole rings is 1. The quantitative estimate of drug-likeness (QED) is 0.677. The molecule has 1 atom stereocenters. The van der Waals surface area contributed by atoms with Gasteiger partial charge < -0.3 is 14.5 Å². The van der Waals surface area contributed by atoms with Gasteiger partial charge in [-0.25, -0.2) is 22.9 Å². The number of nitrogens with zero attached hydrogens (tertiary/aromatic N) is 3. The van der Waals surface area contributed by atoms with Gasteiger partial charge in [0.15, 0.2) is 0 Å². The van der Waals surface area contributed by atoms with Crippen LogP contribution in [-0.2, 0) is 24.1 Å². The molecule has 3 aromatic rings. The summed E-state index contributed by atoms with van der Waals surface area (Å²) in [4.78, 5) is 16.9. The zero-order valence-electron chi connectivity index (χ0n) is 14.6. The van der Waals surface area contributed by atoms with Crippen molar-refractivity contribution in [3.05, 3.63) is 71.8 Å². The van der Waals surface area contributed by atoms with E-state index in [1.807, 2.05) is 0 Å². The van der Waals surface area contributed by atoms with Crippen molar-refractivity contribution >= 4 is 15.9 Å². The summed E-state index contributed by atoms with van der Waals surface area (Å²) in [5, 5.41) is 7.94. The molecule has 0 fully saturated rings. The van der Waals surface area contributed by atoms with Crippen molar-refractivity contribution in [2.75, 3.05) is 0 Å². The summed E-state index contributed by atoms with van der Waals surface area (Å²) in [6, 6.07) is 6.22. The minimum Gasteiger partial charge on any atom is -0.345 e. The predicted octanol–water partition coefficient (Wildman–Crippen LogP) is 1.06. The molecule has 3 N–H and O–H groups in total. The molecule has 3 rings (SSSR count). The van der Waals surface area contributed by atoms with Gasteiger partial charge in [0.25, 0.3) is 5.91 Å². The number of carbonyl (C=O) groups excluding carboxylic acids is 1. The summed E-state index contributed by atoms with van der Waals surface area (Å²) in [6.07, 6.45) is 4.57. The number of hydrogen-bond donors (Lipinski definition) is 2. The van der Waals surface area contributed by atoms with Crippen LogP contribution in [-0.4, -0.2) is 28.4 Å². The van der Waals surface area contributed by atoms with Crippen molar-refractivity contribution in [2.45, 2.75) is 10.9 Å². The maximum atomic E-state index is 13.3. The third kappa shape index (κ3) is 3.91. The molecule has 1 aromatic carbocycles. The predicted molar refractivity (Wildman–Crippen MR) is 95.7 cm³/mol. The fraction of sp³-hybridized carbons (Fsp3) is 0.176. The van der Waals surface area contributed by atoms with E-state index in [-0.39, 0.29) is 10.6 Å². The van der Waals surface area contributed by atoms with Gasteiger partial charge in [0.2, 0.25) is 10.0 Å². The number of amides is 1. The number of halogens is 1. The lowest BCUT2D eigenvalue weighted by Gasteiger charge is -2.19. The van der Waals surface area contributed by atoms with Crippen molar-refractivity contribution < 1.29 is 17.6 Å². The number of primary sulfonamides is 1. The zero-order chi connectivity index (χ0) is 19.8. The molecule has 0 saturated carbocycles. The Kier molecular flexibility index (Phi) is 4.85. The number of rotatable bonds is 5. The molecule has 0 aliphatic heterocycles. The monoisotopic (exact) mass is 391 g/mol. The van der Waals surface area contributed by atoms with Crippen molar-refractivity contribution in [3.8, 4) is 0 Å². The normalized spacial score (nSPS) is 12.7. The van der Waals surface area contributed by atoms with E-state index in [9.17, 15) is 17.6 Å². The molecule has 2 heterocycles. The second kappa shape index (κ2) is 6.97. The fourth-order valence-corrected chi connectivity index (χ4v) is 3.31. The molecule has 0 aliphatic carbocycles. The highest BCUT2D eigenvalue weighted by molar-refractivity contribution is 7.89. The Labute approximate surface area is 155 Å². The largest absolute Gasteiger partial charge is 0.345 e. The van der Waals surface area contributed by atoms with Crippen LogP contribution in [0.4, 0.5) is 4.39 Å². The number of nitrogens with two attached hydrogens (primary N) is 1. The minimum atomic E-state index is -3.93. The molecule has 27 heavy (non-hydrogen) atoms. The highest BCUT2D eigenvalue weighted by Gasteiger charge is 2.24. The number of nitrogens with one attached hydrogen (secondary N) is 1. The van der Waals surface area contributed by atoms with E-state index in [0.29, 0.717) is 11.4 Å². The van der Waals surface area contributed by atoms with E-state index in [2.05, 4.69) is 10.3 Å². The Morgan fingerprint density at radius 3 is 2.41 bits per heavy atom. The van der Waals surface area contributed by atoms with Crippen LogP contribution in [0.15, 0.2) is 53.8 Å². The second-order valence-corrected chi connectivity index (χ2v) is 7.63. The van der Waals surface area contributed by atoms with Crippen LogP contribution in [0.3, 0.4) is 0 Å². The average Bonchev–Trinajstić information content (AvgIpc) is 3.19.